The molecule has 0 spiro atoms. The van der Waals surface area contributed by atoms with Gasteiger partial charge < -0.3 is 9.80 Å². The number of anilines is 3. The number of fused-ring (bicyclic) bond motifs is 1. The molecular weight excluding hydrogens is 294 g/mol. The van der Waals surface area contributed by atoms with Gasteiger partial charge in [-0.15, -0.1) is 11.6 Å². The molecule has 2 aromatic carbocycles. The van der Waals surface area contributed by atoms with E-state index in [4.69, 9.17) is 11.6 Å². The Morgan fingerprint density at radius 3 is 2.29 bits per heavy atom. The number of hydrogen-bond acceptors (Lipinski definition) is 2. The second-order valence-corrected chi connectivity index (χ2v) is 5.37. The molecule has 21 heavy (non-hydrogen) atoms. The normalized spacial score (nSPS) is 14.3. The van der Waals surface area contributed by atoms with Gasteiger partial charge in [-0.2, -0.15) is 0 Å². The van der Waals surface area contributed by atoms with Gasteiger partial charge in [0, 0.05) is 26.0 Å². The van der Waals surface area contributed by atoms with Crippen molar-refractivity contribution in [3.63, 3.8) is 0 Å². The summed E-state index contributed by atoms with van der Waals surface area (Å²) in [7, 11) is 1.97. The Hall–Kier alpha value is -1.81. The third-order valence-electron chi connectivity index (χ3n) is 3.74. The molecule has 1 heterocycles. The van der Waals surface area contributed by atoms with Gasteiger partial charge in [-0.1, -0.05) is 12.1 Å². The van der Waals surface area contributed by atoms with Crippen molar-refractivity contribution in [2.45, 2.75) is 5.88 Å². The van der Waals surface area contributed by atoms with Gasteiger partial charge >= 0.3 is 0 Å². The van der Waals surface area contributed by atoms with E-state index in [-0.39, 0.29) is 11.6 Å². The highest BCUT2D eigenvalue weighted by Crippen LogP contribution is 2.39. The molecule has 0 radical (unpaired) electrons. The molecule has 0 fully saturated rings. The molecule has 5 heteroatoms. The number of alkyl halides is 1. The fraction of sp³-hybridized carbons (Fsp3) is 0.250. The first kappa shape index (κ1) is 14.1. The van der Waals surface area contributed by atoms with E-state index in [1.807, 2.05) is 31.3 Å². The van der Waals surface area contributed by atoms with E-state index in [1.165, 1.54) is 12.1 Å². The zero-order valence-corrected chi connectivity index (χ0v) is 12.4. The molecule has 0 atom stereocenters. The summed E-state index contributed by atoms with van der Waals surface area (Å²) in [6, 6.07) is 10.2. The third-order valence-corrected chi connectivity index (χ3v) is 4.05. The van der Waals surface area contributed by atoms with Crippen molar-refractivity contribution in [3.8, 4) is 0 Å². The van der Waals surface area contributed by atoms with Crippen LogP contribution in [0.5, 0.6) is 0 Å². The fourth-order valence-electron chi connectivity index (χ4n) is 2.69. The third kappa shape index (κ3) is 2.44. The minimum absolute atomic E-state index is 0.00980. The van der Waals surface area contributed by atoms with Crippen molar-refractivity contribution in [3.05, 3.63) is 53.6 Å². The topological polar surface area (TPSA) is 6.48 Å². The van der Waals surface area contributed by atoms with Crippen molar-refractivity contribution in [1.29, 1.82) is 0 Å². The van der Waals surface area contributed by atoms with E-state index in [2.05, 4.69) is 4.90 Å². The van der Waals surface area contributed by atoms with Crippen LogP contribution in [-0.2, 0) is 5.88 Å². The molecule has 2 nitrogen and oxygen atoms in total. The van der Waals surface area contributed by atoms with Crippen molar-refractivity contribution in [2.24, 2.45) is 0 Å². The molecule has 2 aromatic rings. The number of likely N-dealkylation sites (N-methyl/N-ethyl adjacent to an activating group) is 1. The van der Waals surface area contributed by atoms with Crippen LogP contribution in [0.4, 0.5) is 25.8 Å². The maximum absolute atomic E-state index is 14.3. The van der Waals surface area contributed by atoms with Gasteiger partial charge in [0.2, 0.25) is 0 Å². The van der Waals surface area contributed by atoms with Crippen LogP contribution in [0.3, 0.4) is 0 Å². The second kappa shape index (κ2) is 5.53. The second-order valence-electron chi connectivity index (χ2n) is 5.10. The quantitative estimate of drug-likeness (QED) is 0.764. The first-order chi connectivity index (χ1) is 10.1. The Kier molecular flexibility index (Phi) is 3.72. The lowest BCUT2D eigenvalue weighted by molar-refractivity contribution is 0.576. The Labute approximate surface area is 127 Å². The maximum Gasteiger partial charge on any atom is 0.150 e. The Balaban J connectivity index is 2.12. The lowest BCUT2D eigenvalue weighted by atomic mass is 10.1. The number of para-hydroxylation sites is 2. The van der Waals surface area contributed by atoms with Gasteiger partial charge in [0.05, 0.1) is 11.4 Å². The molecule has 0 N–H and O–H groups in total. The van der Waals surface area contributed by atoms with E-state index in [1.54, 1.807) is 4.90 Å². The maximum atomic E-state index is 14.3. The minimum atomic E-state index is -0.579. The molecule has 1 aliphatic heterocycles. The van der Waals surface area contributed by atoms with Gasteiger partial charge in [0.1, 0.15) is 17.3 Å². The summed E-state index contributed by atoms with van der Waals surface area (Å²) >= 11 is 5.66. The van der Waals surface area contributed by atoms with Gasteiger partial charge in [-0.25, -0.2) is 8.78 Å². The largest absolute Gasteiger partial charge is 0.371 e. The van der Waals surface area contributed by atoms with Crippen LogP contribution < -0.4 is 9.80 Å². The molecule has 0 bridgehead atoms. The first-order valence-electron chi connectivity index (χ1n) is 6.73. The molecule has 0 unspecified atom stereocenters. The van der Waals surface area contributed by atoms with Gasteiger partial charge in [0.15, 0.2) is 0 Å². The predicted molar refractivity (Wildman–Crippen MR) is 82.6 cm³/mol. The molecule has 0 amide bonds. The molecular formula is C16H15ClF2N2. The lowest BCUT2D eigenvalue weighted by Gasteiger charge is -2.37. The Morgan fingerprint density at radius 1 is 1.05 bits per heavy atom. The predicted octanol–water partition coefficient (Wildman–Crippen LogP) is 4.29. The van der Waals surface area contributed by atoms with Crippen molar-refractivity contribution in [2.75, 3.05) is 29.9 Å². The van der Waals surface area contributed by atoms with Gasteiger partial charge in [0.25, 0.3) is 0 Å². The van der Waals surface area contributed by atoms with Crippen molar-refractivity contribution in [1.82, 2.24) is 0 Å². The monoisotopic (exact) mass is 308 g/mol. The summed E-state index contributed by atoms with van der Waals surface area (Å²) in [6.07, 6.45) is 0. The highest BCUT2D eigenvalue weighted by molar-refractivity contribution is 6.17. The highest BCUT2D eigenvalue weighted by atomic mass is 35.5. The molecule has 0 saturated heterocycles. The van der Waals surface area contributed by atoms with E-state index in [0.29, 0.717) is 18.7 Å². The summed E-state index contributed by atoms with van der Waals surface area (Å²) in [5, 5.41) is 0. The molecule has 0 aromatic heterocycles. The summed E-state index contributed by atoms with van der Waals surface area (Å²) in [4.78, 5) is 3.77. The van der Waals surface area contributed by atoms with E-state index in [0.717, 1.165) is 11.4 Å². The smallest absolute Gasteiger partial charge is 0.150 e. The van der Waals surface area contributed by atoms with E-state index in [9.17, 15) is 8.78 Å². The average molecular weight is 309 g/mol. The highest BCUT2D eigenvalue weighted by Gasteiger charge is 2.26. The van der Waals surface area contributed by atoms with Crippen molar-refractivity contribution >= 4 is 28.7 Å². The zero-order valence-electron chi connectivity index (χ0n) is 11.6. The fourth-order valence-corrected chi connectivity index (χ4v) is 2.85. The Bertz CT molecular complexity index is 652. The van der Waals surface area contributed by atoms with Crippen LogP contribution in [0, 0.1) is 11.6 Å². The van der Waals surface area contributed by atoms with Crippen LogP contribution in [-0.4, -0.2) is 20.1 Å². The number of rotatable bonds is 2. The van der Waals surface area contributed by atoms with Crippen LogP contribution in [0.1, 0.15) is 5.56 Å². The van der Waals surface area contributed by atoms with Crippen LogP contribution in [0.2, 0.25) is 0 Å². The van der Waals surface area contributed by atoms with Crippen LogP contribution in [0.25, 0.3) is 0 Å². The minimum Gasteiger partial charge on any atom is -0.371 e. The van der Waals surface area contributed by atoms with E-state index >= 15 is 0 Å². The van der Waals surface area contributed by atoms with Gasteiger partial charge in [-0.05, 0) is 29.8 Å². The standard InChI is InChI=1S/C16H15ClF2N2/c1-20-6-7-21(15-5-3-2-4-14(15)20)16-12(18)8-11(10-17)9-13(16)19/h2-5,8-9H,6-7,10H2,1H3. The van der Waals surface area contributed by atoms with Crippen molar-refractivity contribution < 1.29 is 8.78 Å². The summed E-state index contributed by atoms with van der Waals surface area (Å²) < 4.78 is 28.6. The lowest BCUT2D eigenvalue weighted by Crippen LogP contribution is -2.37. The van der Waals surface area contributed by atoms with E-state index < -0.39 is 11.6 Å². The zero-order chi connectivity index (χ0) is 15.0. The van der Waals surface area contributed by atoms with Crippen LogP contribution >= 0.6 is 11.6 Å². The average Bonchev–Trinajstić information content (AvgIpc) is 2.49. The first-order valence-corrected chi connectivity index (χ1v) is 7.27. The molecule has 3 rings (SSSR count). The molecule has 110 valence electrons. The summed E-state index contributed by atoms with van der Waals surface area (Å²) in [5.74, 6) is -1.07. The molecule has 1 aliphatic rings. The number of benzene rings is 2. The SMILES string of the molecule is CN1CCN(c2c(F)cc(CCl)cc2F)c2ccccc21. The number of halogens is 3. The molecule has 0 aliphatic carbocycles. The number of hydrogen-bond donors (Lipinski definition) is 0. The van der Waals surface area contributed by atoms with Gasteiger partial charge in [-0.3, -0.25) is 0 Å². The number of nitrogens with zero attached hydrogens (tertiary/aromatic N) is 2. The Morgan fingerprint density at radius 2 is 1.67 bits per heavy atom. The summed E-state index contributed by atoms with van der Waals surface area (Å²) in [6.45, 7) is 1.23. The summed E-state index contributed by atoms with van der Waals surface area (Å²) in [5.41, 5.74) is 2.20. The van der Waals surface area contributed by atoms with Crippen LogP contribution in [0.15, 0.2) is 36.4 Å². The molecule has 0 saturated carbocycles.